The van der Waals surface area contributed by atoms with Gasteiger partial charge in [0, 0.05) is 11.9 Å². The van der Waals surface area contributed by atoms with Crippen molar-refractivity contribution in [3.63, 3.8) is 0 Å². The molecular formula is C16H19NO2S. The minimum absolute atomic E-state index is 0.0518. The van der Waals surface area contributed by atoms with Gasteiger partial charge in [-0.2, -0.15) is 0 Å². The number of likely N-dealkylation sites (N-methyl/N-ethyl adjacent to an activating group) is 1. The van der Waals surface area contributed by atoms with Crippen molar-refractivity contribution in [2.45, 2.75) is 13.8 Å². The average Bonchev–Trinajstić information content (AvgIpc) is 2.84. The molecule has 0 spiro atoms. The molecule has 0 N–H and O–H groups in total. The first-order valence-corrected chi connectivity index (χ1v) is 7.39. The molecule has 0 bridgehead atoms. The number of hydrogen-bond acceptors (Lipinski definition) is 3. The molecule has 0 saturated carbocycles. The lowest BCUT2D eigenvalue weighted by Gasteiger charge is -2.16. The van der Waals surface area contributed by atoms with E-state index in [2.05, 4.69) is 0 Å². The van der Waals surface area contributed by atoms with Gasteiger partial charge in [-0.15, -0.1) is 11.3 Å². The zero-order chi connectivity index (χ0) is 14.5. The summed E-state index contributed by atoms with van der Waals surface area (Å²) >= 11 is 1.52. The zero-order valence-electron chi connectivity index (χ0n) is 12.1. The Balaban J connectivity index is 1.83. The van der Waals surface area contributed by atoms with E-state index in [9.17, 15) is 4.79 Å². The van der Waals surface area contributed by atoms with Crippen LogP contribution in [0.2, 0.25) is 0 Å². The van der Waals surface area contributed by atoms with Crippen LogP contribution >= 0.6 is 11.3 Å². The van der Waals surface area contributed by atoms with Gasteiger partial charge in [-0.1, -0.05) is 12.1 Å². The highest BCUT2D eigenvalue weighted by atomic mass is 32.1. The van der Waals surface area contributed by atoms with E-state index in [-0.39, 0.29) is 5.91 Å². The second kappa shape index (κ2) is 6.57. The number of thiophene rings is 1. The Bertz CT molecular complexity index is 592. The third kappa shape index (κ3) is 3.84. The Morgan fingerprint density at radius 1 is 1.25 bits per heavy atom. The average molecular weight is 289 g/mol. The third-order valence-electron chi connectivity index (χ3n) is 2.98. The lowest BCUT2D eigenvalue weighted by atomic mass is 10.2. The highest BCUT2D eigenvalue weighted by Crippen LogP contribution is 2.17. The molecule has 1 aromatic heterocycles. The molecule has 0 radical (unpaired) electrons. The van der Waals surface area contributed by atoms with E-state index in [1.54, 1.807) is 11.9 Å². The van der Waals surface area contributed by atoms with Gasteiger partial charge in [0.15, 0.2) is 0 Å². The van der Waals surface area contributed by atoms with Crippen LogP contribution in [0.5, 0.6) is 5.75 Å². The summed E-state index contributed by atoms with van der Waals surface area (Å²) in [6.45, 7) is 5.10. The molecule has 1 amide bonds. The van der Waals surface area contributed by atoms with Crippen molar-refractivity contribution >= 4 is 17.2 Å². The molecule has 0 aliphatic heterocycles. The Morgan fingerprint density at radius 3 is 2.70 bits per heavy atom. The smallest absolute Gasteiger partial charge is 0.263 e. The quantitative estimate of drug-likeness (QED) is 0.843. The van der Waals surface area contributed by atoms with Crippen LogP contribution in [0.4, 0.5) is 0 Å². The van der Waals surface area contributed by atoms with Gasteiger partial charge in [0.05, 0.1) is 11.4 Å². The monoisotopic (exact) mass is 289 g/mol. The summed E-state index contributed by atoms with van der Waals surface area (Å²) in [5.41, 5.74) is 1.17. The largest absolute Gasteiger partial charge is 0.492 e. The lowest BCUT2D eigenvalue weighted by molar-refractivity contribution is 0.0778. The maximum absolute atomic E-state index is 12.1. The van der Waals surface area contributed by atoms with Gasteiger partial charge in [-0.05, 0) is 43.7 Å². The molecule has 0 saturated heterocycles. The molecule has 3 nitrogen and oxygen atoms in total. The van der Waals surface area contributed by atoms with E-state index in [0.29, 0.717) is 13.2 Å². The molecule has 4 heteroatoms. The lowest BCUT2D eigenvalue weighted by Crippen LogP contribution is -2.30. The first kappa shape index (κ1) is 14.6. The molecule has 0 unspecified atom stereocenters. The second-order valence-electron chi connectivity index (χ2n) is 4.80. The zero-order valence-corrected chi connectivity index (χ0v) is 12.9. The molecule has 0 aliphatic carbocycles. The van der Waals surface area contributed by atoms with E-state index in [1.807, 2.05) is 50.2 Å². The summed E-state index contributed by atoms with van der Waals surface area (Å²) in [6, 6.07) is 11.8. The van der Waals surface area contributed by atoms with Crippen molar-refractivity contribution in [2.75, 3.05) is 20.2 Å². The standard InChI is InChI=1S/C16H19NO2S/c1-12-5-4-6-14(11-12)19-10-9-17(3)16(18)15-8-7-13(2)20-15/h4-8,11H,9-10H2,1-3H3. The van der Waals surface area contributed by atoms with Crippen molar-refractivity contribution in [1.82, 2.24) is 4.90 Å². The van der Waals surface area contributed by atoms with Crippen LogP contribution in [-0.4, -0.2) is 31.0 Å². The maximum Gasteiger partial charge on any atom is 0.263 e. The molecular weight excluding hydrogens is 270 g/mol. The predicted molar refractivity (Wildman–Crippen MR) is 82.7 cm³/mol. The predicted octanol–water partition coefficient (Wildman–Crippen LogP) is 3.52. The molecule has 0 fully saturated rings. The first-order chi connectivity index (χ1) is 9.56. The van der Waals surface area contributed by atoms with Crippen LogP contribution in [0.3, 0.4) is 0 Å². The van der Waals surface area contributed by atoms with Crippen LogP contribution in [0.1, 0.15) is 20.1 Å². The van der Waals surface area contributed by atoms with Gasteiger partial charge in [0.1, 0.15) is 12.4 Å². The second-order valence-corrected chi connectivity index (χ2v) is 6.09. The van der Waals surface area contributed by atoms with Crippen molar-refractivity contribution < 1.29 is 9.53 Å². The number of ether oxygens (including phenoxy) is 1. The minimum atomic E-state index is 0.0518. The molecule has 106 valence electrons. The van der Waals surface area contributed by atoms with Crippen LogP contribution in [0.15, 0.2) is 36.4 Å². The number of hydrogen-bond donors (Lipinski definition) is 0. The minimum Gasteiger partial charge on any atom is -0.492 e. The van der Waals surface area contributed by atoms with Gasteiger partial charge in [0.25, 0.3) is 5.91 Å². The molecule has 0 aliphatic rings. The fourth-order valence-electron chi connectivity index (χ4n) is 1.84. The summed E-state index contributed by atoms with van der Waals surface area (Å²) in [4.78, 5) is 15.8. The number of carbonyl (C=O) groups excluding carboxylic acids is 1. The Hall–Kier alpha value is -1.81. The Kier molecular flexibility index (Phi) is 4.79. The third-order valence-corrected chi connectivity index (χ3v) is 3.97. The highest BCUT2D eigenvalue weighted by Gasteiger charge is 2.13. The van der Waals surface area contributed by atoms with Crippen LogP contribution in [0.25, 0.3) is 0 Å². The highest BCUT2D eigenvalue weighted by molar-refractivity contribution is 7.13. The van der Waals surface area contributed by atoms with Crippen molar-refractivity contribution in [1.29, 1.82) is 0 Å². The molecule has 1 heterocycles. The van der Waals surface area contributed by atoms with Gasteiger partial charge in [-0.3, -0.25) is 4.79 Å². The van der Waals surface area contributed by atoms with E-state index in [4.69, 9.17) is 4.74 Å². The maximum atomic E-state index is 12.1. The SMILES string of the molecule is Cc1cccc(OCCN(C)C(=O)c2ccc(C)s2)c1. The van der Waals surface area contributed by atoms with E-state index >= 15 is 0 Å². The van der Waals surface area contributed by atoms with Crippen molar-refractivity contribution in [2.24, 2.45) is 0 Å². The molecule has 1 aromatic carbocycles. The molecule has 0 atom stereocenters. The van der Waals surface area contributed by atoms with Gasteiger partial charge in [0.2, 0.25) is 0 Å². The number of benzene rings is 1. The molecule has 2 rings (SSSR count). The Labute approximate surface area is 123 Å². The summed E-state index contributed by atoms with van der Waals surface area (Å²) in [6.07, 6.45) is 0. The van der Waals surface area contributed by atoms with Crippen LogP contribution in [0, 0.1) is 13.8 Å². The molecule has 20 heavy (non-hydrogen) atoms. The van der Waals surface area contributed by atoms with Gasteiger partial charge < -0.3 is 9.64 Å². The topological polar surface area (TPSA) is 29.5 Å². The van der Waals surface area contributed by atoms with Crippen LogP contribution < -0.4 is 4.74 Å². The number of carbonyl (C=O) groups is 1. The number of rotatable bonds is 5. The summed E-state index contributed by atoms with van der Waals surface area (Å²) in [7, 11) is 1.80. The molecule has 2 aromatic rings. The first-order valence-electron chi connectivity index (χ1n) is 6.57. The summed E-state index contributed by atoms with van der Waals surface area (Å²) in [5.74, 6) is 0.897. The fourth-order valence-corrected chi connectivity index (χ4v) is 2.71. The van der Waals surface area contributed by atoms with Crippen molar-refractivity contribution in [3.05, 3.63) is 51.7 Å². The number of aryl methyl sites for hydroxylation is 2. The van der Waals surface area contributed by atoms with E-state index in [1.165, 1.54) is 16.9 Å². The number of nitrogens with zero attached hydrogens (tertiary/aromatic N) is 1. The number of amides is 1. The van der Waals surface area contributed by atoms with Crippen molar-refractivity contribution in [3.8, 4) is 5.75 Å². The van der Waals surface area contributed by atoms with E-state index in [0.717, 1.165) is 15.5 Å². The van der Waals surface area contributed by atoms with E-state index < -0.39 is 0 Å². The van der Waals surface area contributed by atoms with Crippen LogP contribution in [-0.2, 0) is 0 Å². The summed E-state index contributed by atoms with van der Waals surface area (Å²) < 4.78 is 5.66. The van der Waals surface area contributed by atoms with Gasteiger partial charge >= 0.3 is 0 Å². The summed E-state index contributed by atoms with van der Waals surface area (Å²) in [5, 5.41) is 0. The Morgan fingerprint density at radius 2 is 2.05 bits per heavy atom. The fraction of sp³-hybridized carbons (Fsp3) is 0.312. The normalized spacial score (nSPS) is 10.3. The van der Waals surface area contributed by atoms with Gasteiger partial charge in [-0.25, -0.2) is 0 Å².